The molecule has 0 spiro atoms. The van der Waals surface area contributed by atoms with Crippen molar-refractivity contribution in [3.63, 3.8) is 0 Å². The first-order chi connectivity index (χ1) is 7.61. The van der Waals surface area contributed by atoms with Gasteiger partial charge in [0.05, 0.1) is 5.69 Å². The van der Waals surface area contributed by atoms with Crippen LogP contribution in [-0.2, 0) is 4.79 Å². The van der Waals surface area contributed by atoms with Gasteiger partial charge in [-0.2, -0.15) is 0 Å². The molecule has 2 rings (SSSR count). The summed E-state index contributed by atoms with van der Waals surface area (Å²) in [5, 5.41) is 2.55. The van der Waals surface area contributed by atoms with E-state index in [1.807, 2.05) is 6.92 Å². The number of benzene rings is 1. The molecule has 0 aliphatic carbocycles. The average molecular weight is 224 g/mol. The molecule has 0 saturated carbocycles. The van der Waals surface area contributed by atoms with Crippen LogP contribution in [0.1, 0.15) is 13.3 Å². The fraction of sp³-hybridized carbons (Fsp3) is 0.364. The van der Waals surface area contributed by atoms with Crippen LogP contribution in [0.3, 0.4) is 0 Å². The van der Waals surface area contributed by atoms with Crippen LogP contribution in [-0.4, -0.2) is 18.1 Å². The van der Waals surface area contributed by atoms with Crippen molar-refractivity contribution in [1.29, 1.82) is 0 Å². The Morgan fingerprint density at radius 2 is 2.31 bits per heavy atom. The number of carbonyl (C=O) groups is 1. The molecule has 0 radical (unpaired) electrons. The fourth-order valence-electron chi connectivity index (χ4n) is 1.66. The van der Waals surface area contributed by atoms with Gasteiger partial charge in [-0.15, -0.1) is 0 Å². The van der Waals surface area contributed by atoms with E-state index in [-0.39, 0.29) is 12.0 Å². The van der Waals surface area contributed by atoms with Gasteiger partial charge in [-0.3, -0.25) is 4.79 Å². The third-order valence-corrected chi connectivity index (χ3v) is 2.58. The number of amides is 1. The Kier molecular flexibility index (Phi) is 2.78. The topological polar surface area (TPSA) is 64.3 Å². The third kappa shape index (κ3) is 1.86. The number of ether oxygens (including phenoxy) is 1. The maximum atomic E-state index is 13.0. The molecule has 2 atom stereocenters. The molecule has 4 nitrogen and oxygen atoms in total. The van der Waals surface area contributed by atoms with Gasteiger partial charge in [0.25, 0.3) is 0 Å². The van der Waals surface area contributed by atoms with Crippen LogP contribution in [0.5, 0.6) is 5.75 Å². The van der Waals surface area contributed by atoms with Crippen molar-refractivity contribution in [2.75, 3.05) is 5.32 Å². The second-order valence-electron chi connectivity index (χ2n) is 3.72. The molecule has 0 saturated heterocycles. The molecular weight excluding hydrogens is 211 g/mol. The normalized spacial score (nSPS) is 24.1. The molecule has 0 unspecified atom stereocenters. The first-order valence-electron chi connectivity index (χ1n) is 5.14. The molecule has 5 heteroatoms. The minimum atomic E-state index is -0.736. The van der Waals surface area contributed by atoms with Crippen LogP contribution in [0.4, 0.5) is 10.1 Å². The molecule has 3 N–H and O–H groups in total. The number of rotatable bonds is 1. The van der Waals surface area contributed by atoms with Gasteiger partial charge < -0.3 is 15.8 Å². The lowest BCUT2D eigenvalue weighted by Crippen LogP contribution is -2.45. The molecule has 1 heterocycles. The molecular formula is C11H13FN2O2. The average Bonchev–Trinajstić information content (AvgIpc) is 2.37. The van der Waals surface area contributed by atoms with Crippen LogP contribution >= 0.6 is 0 Å². The van der Waals surface area contributed by atoms with Crippen molar-refractivity contribution in [1.82, 2.24) is 0 Å². The Bertz CT molecular complexity index is 422. The lowest BCUT2D eigenvalue weighted by molar-refractivity contribution is -0.118. The van der Waals surface area contributed by atoms with E-state index in [9.17, 15) is 9.18 Å². The summed E-state index contributed by atoms with van der Waals surface area (Å²) >= 11 is 0. The zero-order chi connectivity index (χ0) is 11.7. The zero-order valence-electron chi connectivity index (χ0n) is 8.87. The van der Waals surface area contributed by atoms with Crippen molar-refractivity contribution in [3.8, 4) is 5.75 Å². The van der Waals surface area contributed by atoms with E-state index in [0.29, 0.717) is 17.9 Å². The van der Waals surface area contributed by atoms with Gasteiger partial charge in [-0.05, 0) is 18.6 Å². The number of hydrogen-bond acceptors (Lipinski definition) is 3. The Morgan fingerprint density at radius 1 is 1.56 bits per heavy atom. The second-order valence-corrected chi connectivity index (χ2v) is 3.72. The van der Waals surface area contributed by atoms with E-state index in [2.05, 4.69) is 5.32 Å². The lowest BCUT2D eigenvalue weighted by atomic mass is 10.1. The highest BCUT2D eigenvalue weighted by atomic mass is 19.1. The molecule has 16 heavy (non-hydrogen) atoms. The van der Waals surface area contributed by atoms with Crippen molar-refractivity contribution < 1.29 is 13.9 Å². The number of fused-ring (bicyclic) bond motifs is 1. The Labute approximate surface area is 92.6 Å². The van der Waals surface area contributed by atoms with Gasteiger partial charge in [0.2, 0.25) is 5.91 Å². The van der Waals surface area contributed by atoms with E-state index in [0.717, 1.165) is 0 Å². The van der Waals surface area contributed by atoms with Gasteiger partial charge >= 0.3 is 0 Å². The highest BCUT2D eigenvalue weighted by Crippen LogP contribution is 2.29. The van der Waals surface area contributed by atoms with E-state index < -0.39 is 11.9 Å². The van der Waals surface area contributed by atoms with Crippen molar-refractivity contribution in [2.24, 2.45) is 5.73 Å². The number of nitrogens with one attached hydrogen (secondary N) is 1. The van der Waals surface area contributed by atoms with Crippen molar-refractivity contribution in [3.05, 3.63) is 24.0 Å². The molecule has 0 bridgehead atoms. The van der Waals surface area contributed by atoms with Gasteiger partial charge in [0, 0.05) is 6.07 Å². The van der Waals surface area contributed by atoms with Crippen LogP contribution < -0.4 is 15.8 Å². The van der Waals surface area contributed by atoms with E-state index in [4.69, 9.17) is 10.5 Å². The Morgan fingerprint density at radius 3 is 3.00 bits per heavy atom. The maximum absolute atomic E-state index is 13.0. The van der Waals surface area contributed by atoms with Crippen LogP contribution in [0, 0.1) is 5.82 Å². The summed E-state index contributed by atoms with van der Waals surface area (Å²) in [6, 6.07) is 3.26. The third-order valence-electron chi connectivity index (χ3n) is 2.58. The van der Waals surface area contributed by atoms with Crippen molar-refractivity contribution in [2.45, 2.75) is 25.5 Å². The first kappa shape index (κ1) is 10.9. The van der Waals surface area contributed by atoms with Gasteiger partial charge in [-0.1, -0.05) is 6.92 Å². The summed E-state index contributed by atoms with van der Waals surface area (Å²) < 4.78 is 18.6. The number of hydrogen-bond donors (Lipinski definition) is 2. The van der Waals surface area contributed by atoms with Gasteiger partial charge in [-0.25, -0.2) is 4.39 Å². The quantitative estimate of drug-likeness (QED) is 0.754. The van der Waals surface area contributed by atoms with E-state index in [1.54, 1.807) is 0 Å². The molecule has 1 aliphatic heterocycles. The van der Waals surface area contributed by atoms with E-state index >= 15 is 0 Å². The summed E-state index contributed by atoms with van der Waals surface area (Å²) in [6.45, 7) is 1.88. The summed E-state index contributed by atoms with van der Waals surface area (Å²) in [6.07, 6.45) is 0.234. The smallest absolute Gasteiger partial charge is 0.245 e. The van der Waals surface area contributed by atoms with Crippen molar-refractivity contribution >= 4 is 11.6 Å². The Hall–Kier alpha value is -1.62. The summed E-state index contributed by atoms with van der Waals surface area (Å²) in [5.41, 5.74) is 6.05. The molecule has 0 fully saturated rings. The molecule has 86 valence electrons. The Balaban J connectivity index is 2.40. The summed E-state index contributed by atoms with van der Waals surface area (Å²) in [5.74, 6) is -0.322. The zero-order valence-corrected chi connectivity index (χ0v) is 8.87. The predicted molar refractivity (Wildman–Crippen MR) is 57.7 cm³/mol. The summed E-state index contributed by atoms with van der Waals surface area (Å²) in [7, 11) is 0. The monoisotopic (exact) mass is 224 g/mol. The standard InChI is InChI=1S/C11H13FN2O2/c1-2-8-10(13)11(15)14-7-5-6(12)3-4-9(7)16-8/h3-5,8,10H,2,13H2,1H3,(H,14,15)/t8-,10+/m1/s1. The minimum absolute atomic E-state index is 0.330. The minimum Gasteiger partial charge on any atom is -0.486 e. The molecule has 1 aromatic rings. The highest BCUT2D eigenvalue weighted by Gasteiger charge is 2.29. The highest BCUT2D eigenvalue weighted by molar-refractivity contribution is 5.97. The van der Waals surface area contributed by atoms with Gasteiger partial charge in [0.1, 0.15) is 23.7 Å². The SMILES string of the molecule is CC[C@H]1Oc2ccc(F)cc2NC(=O)[C@H]1N. The maximum Gasteiger partial charge on any atom is 0.245 e. The molecule has 1 aromatic carbocycles. The lowest BCUT2D eigenvalue weighted by Gasteiger charge is -2.18. The van der Waals surface area contributed by atoms with E-state index in [1.165, 1.54) is 18.2 Å². The fourth-order valence-corrected chi connectivity index (χ4v) is 1.66. The van der Waals surface area contributed by atoms with Gasteiger partial charge in [0.15, 0.2) is 0 Å². The molecule has 0 aromatic heterocycles. The number of nitrogens with two attached hydrogens (primary N) is 1. The number of carbonyl (C=O) groups excluding carboxylic acids is 1. The largest absolute Gasteiger partial charge is 0.486 e. The van der Waals surface area contributed by atoms with Crippen LogP contribution in [0.15, 0.2) is 18.2 Å². The van der Waals surface area contributed by atoms with Crippen LogP contribution in [0.2, 0.25) is 0 Å². The van der Waals surface area contributed by atoms with Crippen LogP contribution in [0.25, 0.3) is 0 Å². The predicted octanol–water partition coefficient (Wildman–Crippen LogP) is 1.26. The molecule has 1 aliphatic rings. The number of anilines is 1. The first-order valence-corrected chi connectivity index (χ1v) is 5.14. The number of halogens is 1. The summed E-state index contributed by atoms with van der Waals surface area (Å²) in [4.78, 5) is 11.6. The molecule has 1 amide bonds. The second kappa shape index (κ2) is 4.09.